The number of anilines is 1. The molecule has 10 heteroatoms. The summed E-state index contributed by atoms with van der Waals surface area (Å²) in [6, 6.07) is 22.4. The minimum Gasteiger partial charge on any atom is -0.484 e. The molecule has 1 aromatic heterocycles. The Morgan fingerprint density at radius 1 is 0.921 bits per heavy atom. The van der Waals surface area contributed by atoms with Crippen LogP contribution >= 0.6 is 11.6 Å². The number of carbonyl (C=O) groups excluding carboxylic acids is 1. The maximum atomic E-state index is 13.8. The molecule has 1 amide bonds. The highest BCUT2D eigenvalue weighted by Crippen LogP contribution is 2.39. The molecule has 0 aliphatic carbocycles. The lowest BCUT2D eigenvalue weighted by molar-refractivity contribution is -0.154. The monoisotopic (exact) mass is 539 g/mol. The van der Waals surface area contributed by atoms with Crippen molar-refractivity contribution in [2.24, 2.45) is 0 Å². The van der Waals surface area contributed by atoms with E-state index in [0.717, 1.165) is 16.8 Å². The summed E-state index contributed by atoms with van der Waals surface area (Å²) in [6.07, 6.45) is -5.04. The summed E-state index contributed by atoms with van der Waals surface area (Å²) in [6.45, 7) is -0.432. The third kappa shape index (κ3) is 5.14. The van der Waals surface area contributed by atoms with E-state index in [-0.39, 0.29) is 27.5 Å². The van der Waals surface area contributed by atoms with E-state index in [1.807, 2.05) is 30.3 Å². The molecule has 38 heavy (non-hydrogen) atoms. The molecule has 0 saturated carbocycles. The van der Waals surface area contributed by atoms with Crippen LogP contribution in [0.3, 0.4) is 0 Å². The summed E-state index contributed by atoms with van der Waals surface area (Å²) in [4.78, 5) is 25.5. The minimum absolute atomic E-state index is 0.0191. The normalized spacial score (nSPS) is 11.5. The van der Waals surface area contributed by atoms with Gasteiger partial charge >= 0.3 is 6.18 Å². The molecule has 0 fully saturated rings. The molecular formula is C28H17ClF3NO5. The van der Waals surface area contributed by atoms with Gasteiger partial charge in [-0.15, -0.1) is 0 Å². The van der Waals surface area contributed by atoms with Gasteiger partial charge in [0.05, 0.1) is 10.4 Å². The molecule has 0 bridgehead atoms. The van der Waals surface area contributed by atoms with Crippen LogP contribution in [0.1, 0.15) is 5.76 Å². The number of hydrogen-bond acceptors (Lipinski definition) is 5. The number of fused-ring (bicyclic) bond motifs is 2. The van der Waals surface area contributed by atoms with Crippen LogP contribution in [0.25, 0.3) is 21.7 Å². The van der Waals surface area contributed by atoms with Gasteiger partial charge in [-0.2, -0.15) is 13.2 Å². The predicted molar refractivity (Wildman–Crippen MR) is 137 cm³/mol. The van der Waals surface area contributed by atoms with E-state index in [0.29, 0.717) is 5.69 Å². The van der Waals surface area contributed by atoms with Crippen molar-refractivity contribution in [3.05, 3.63) is 106 Å². The van der Waals surface area contributed by atoms with Gasteiger partial charge in [0.25, 0.3) is 11.7 Å². The van der Waals surface area contributed by atoms with Crippen LogP contribution in [0, 0.1) is 0 Å². The Hall–Kier alpha value is -4.50. The fourth-order valence-electron chi connectivity index (χ4n) is 3.83. The van der Waals surface area contributed by atoms with Crippen LogP contribution in [0.4, 0.5) is 18.9 Å². The average molecular weight is 540 g/mol. The van der Waals surface area contributed by atoms with Crippen LogP contribution in [-0.4, -0.2) is 12.5 Å². The van der Waals surface area contributed by atoms with Crippen molar-refractivity contribution in [2.75, 3.05) is 11.9 Å². The fraction of sp³-hybridized carbons (Fsp3) is 0.0714. The van der Waals surface area contributed by atoms with E-state index in [1.54, 1.807) is 18.2 Å². The summed E-state index contributed by atoms with van der Waals surface area (Å²) in [5.74, 6) is -3.26. The number of halogens is 4. The van der Waals surface area contributed by atoms with E-state index in [9.17, 15) is 22.8 Å². The van der Waals surface area contributed by atoms with E-state index in [2.05, 4.69) is 5.32 Å². The topological polar surface area (TPSA) is 77.8 Å². The number of alkyl halides is 3. The number of ether oxygens (including phenoxy) is 2. The molecule has 1 N–H and O–H groups in total. The first-order valence-corrected chi connectivity index (χ1v) is 11.6. The van der Waals surface area contributed by atoms with Crippen molar-refractivity contribution in [2.45, 2.75) is 6.18 Å². The van der Waals surface area contributed by atoms with E-state index >= 15 is 0 Å². The van der Waals surface area contributed by atoms with Gasteiger partial charge in [0.2, 0.25) is 11.2 Å². The highest BCUT2D eigenvalue weighted by atomic mass is 35.5. The number of rotatable bonds is 6. The Morgan fingerprint density at radius 2 is 1.66 bits per heavy atom. The van der Waals surface area contributed by atoms with Gasteiger partial charge in [0, 0.05) is 17.1 Å². The van der Waals surface area contributed by atoms with Gasteiger partial charge in [0.15, 0.2) is 6.61 Å². The molecule has 6 nitrogen and oxygen atoms in total. The predicted octanol–water partition coefficient (Wildman–Crippen LogP) is 7.43. The van der Waals surface area contributed by atoms with Crippen molar-refractivity contribution < 1.29 is 31.9 Å². The van der Waals surface area contributed by atoms with Gasteiger partial charge in [-0.3, -0.25) is 9.59 Å². The Labute approximate surface area is 218 Å². The Balaban J connectivity index is 1.40. The molecule has 0 aliphatic rings. The highest BCUT2D eigenvalue weighted by Gasteiger charge is 2.40. The second-order valence-corrected chi connectivity index (χ2v) is 8.55. The van der Waals surface area contributed by atoms with Crippen LogP contribution in [-0.2, 0) is 11.0 Å². The Bertz CT molecular complexity index is 1730. The summed E-state index contributed by atoms with van der Waals surface area (Å²) in [7, 11) is 0. The maximum absolute atomic E-state index is 13.8. The summed E-state index contributed by atoms with van der Waals surface area (Å²) >= 11 is 5.98. The van der Waals surface area contributed by atoms with Crippen molar-refractivity contribution in [3.8, 4) is 17.2 Å². The molecule has 5 aromatic rings. The SMILES string of the molecule is O=C(COc1ccc2c(=O)c(Oc3ccccc3Cl)c(C(F)(F)F)oc2c1)Nc1cccc2ccccc12. The molecule has 192 valence electrons. The highest BCUT2D eigenvalue weighted by molar-refractivity contribution is 6.32. The van der Waals surface area contributed by atoms with Crippen molar-refractivity contribution >= 4 is 44.9 Å². The molecule has 0 spiro atoms. The quantitative estimate of drug-likeness (QED) is 0.243. The number of benzene rings is 4. The molecule has 0 atom stereocenters. The van der Waals surface area contributed by atoms with Gasteiger partial charge in [0.1, 0.15) is 17.1 Å². The molecule has 1 heterocycles. The first kappa shape index (κ1) is 25.2. The first-order chi connectivity index (χ1) is 18.2. The zero-order valence-corrected chi connectivity index (χ0v) is 20.1. The third-order valence-corrected chi connectivity index (χ3v) is 5.87. The average Bonchev–Trinajstić information content (AvgIpc) is 2.89. The minimum atomic E-state index is -5.04. The Morgan fingerprint density at radius 3 is 2.45 bits per heavy atom. The molecule has 0 radical (unpaired) electrons. The lowest BCUT2D eigenvalue weighted by Crippen LogP contribution is -2.20. The van der Waals surface area contributed by atoms with Gasteiger partial charge in [-0.1, -0.05) is 60.1 Å². The second-order valence-electron chi connectivity index (χ2n) is 8.14. The van der Waals surface area contributed by atoms with Gasteiger partial charge in [-0.05, 0) is 35.7 Å². The number of nitrogens with one attached hydrogen (secondary N) is 1. The van der Waals surface area contributed by atoms with E-state index in [4.69, 9.17) is 25.5 Å². The largest absolute Gasteiger partial charge is 0.484 e. The van der Waals surface area contributed by atoms with Crippen molar-refractivity contribution in [1.82, 2.24) is 0 Å². The molecular weight excluding hydrogens is 523 g/mol. The molecule has 4 aromatic carbocycles. The van der Waals surface area contributed by atoms with Crippen LogP contribution in [0.5, 0.6) is 17.2 Å². The number of carbonyl (C=O) groups is 1. The summed E-state index contributed by atoms with van der Waals surface area (Å²) < 4.78 is 57.2. The van der Waals surface area contributed by atoms with E-state index < -0.39 is 35.6 Å². The molecule has 0 aliphatic heterocycles. The number of amides is 1. The second kappa shape index (κ2) is 10.1. The van der Waals surface area contributed by atoms with Crippen LogP contribution in [0.2, 0.25) is 5.02 Å². The zero-order valence-electron chi connectivity index (χ0n) is 19.3. The standard InChI is InChI=1S/C28H17ClF3NO5/c29-20-9-3-4-11-22(20)37-26-25(35)19-13-12-17(14-23(19)38-27(26)28(30,31)32)36-15-24(34)33-21-10-5-7-16-6-1-2-8-18(16)21/h1-14H,15H2,(H,33,34). The Kier molecular flexibility index (Phi) is 6.69. The number of hydrogen-bond donors (Lipinski definition) is 1. The fourth-order valence-corrected chi connectivity index (χ4v) is 4.01. The molecule has 5 rings (SSSR count). The lowest BCUT2D eigenvalue weighted by Gasteiger charge is -2.14. The first-order valence-electron chi connectivity index (χ1n) is 11.2. The van der Waals surface area contributed by atoms with Gasteiger partial charge in [-0.25, -0.2) is 0 Å². The smallest absolute Gasteiger partial charge is 0.453 e. The van der Waals surface area contributed by atoms with Crippen LogP contribution < -0.4 is 20.2 Å². The maximum Gasteiger partial charge on any atom is 0.453 e. The van der Waals surface area contributed by atoms with Gasteiger partial charge < -0.3 is 19.2 Å². The molecule has 0 saturated heterocycles. The zero-order chi connectivity index (χ0) is 26.9. The number of para-hydroxylation sites is 1. The van der Waals surface area contributed by atoms with Crippen molar-refractivity contribution in [1.29, 1.82) is 0 Å². The lowest BCUT2D eigenvalue weighted by atomic mass is 10.1. The molecule has 0 unspecified atom stereocenters. The van der Waals surface area contributed by atoms with E-state index in [1.165, 1.54) is 30.3 Å². The summed E-state index contributed by atoms with van der Waals surface area (Å²) in [5.41, 5.74) is -0.846. The summed E-state index contributed by atoms with van der Waals surface area (Å²) in [5, 5.41) is 4.38. The van der Waals surface area contributed by atoms with Crippen molar-refractivity contribution in [3.63, 3.8) is 0 Å². The third-order valence-electron chi connectivity index (χ3n) is 5.56. The van der Waals surface area contributed by atoms with Crippen LogP contribution in [0.15, 0.2) is 94.1 Å².